The number of hydrogen-bond donors (Lipinski definition) is 1. The Morgan fingerprint density at radius 1 is 1.38 bits per heavy atom. The summed E-state index contributed by atoms with van der Waals surface area (Å²) in [5.41, 5.74) is 0. The first-order valence-corrected chi connectivity index (χ1v) is 4.28. The van der Waals surface area contributed by atoms with Crippen LogP contribution in [0.1, 0.15) is 13.8 Å². The Balaban J connectivity index is 0. The number of carboxylic acids is 1. The molecule has 4 nitrogen and oxygen atoms in total. The zero-order valence-corrected chi connectivity index (χ0v) is 9.28. The second-order valence-electron chi connectivity index (χ2n) is 1.73. The number of esters is 1. The van der Waals surface area contributed by atoms with Gasteiger partial charge in [0.25, 0.3) is 3.79 Å². The van der Waals surface area contributed by atoms with Gasteiger partial charge in [0, 0.05) is 6.92 Å². The number of carbonyl (C=O) groups is 2. The molecule has 0 aliphatic rings. The van der Waals surface area contributed by atoms with Crippen LogP contribution in [0.5, 0.6) is 0 Å². The SMILES string of the molecule is CCOC(C)=O.O=C(O)C(Cl)(Cl)Cl. The second-order valence-corrected chi connectivity index (χ2v) is 4.01. The molecule has 0 saturated carbocycles. The minimum absolute atomic E-state index is 0.211. The third-order valence-corrected chi connectivity index (χ3v) is 1.08. The van der Waals surface area contributed by atoms with E-state index in [2.05, 4.69) is 4.74 Å². The van der Waals surface area contributed by atoms with Crippen LogP contribution in [-0.2, 0) is 14.3 Å². The van der Waals surface area contributed by atoms with E-state index in [0.717, 1.165) is 0 Å². The summed E-state index contributed by atoms with van der Waals surface area (Å²) < 4.78 is 2.24. The van der Waals surface area contributed by atoms with E-state index in [9.17, 15) is 9.59 Å². The third kappa shape index (κ3) is 14.6. The van der Waals surface area contributed by atoms with Crippen LogP contribution in [0.4, 0.5) is 0 Å². The number of hydrogen-bond acceptors (Lipinski definition) is 3. The Labute approximate surface area is 90.7 Å². The second kappa shape index (κ2) is 7.24. The number of carbonyl (C=O) groups excluding carboxylic acids is 1. The molecule has 0 heterocycles. The molecule has 0 bridgehead atoms. The molecule has 0 amide bonds. The summed E-state index contributed by atoms with van der Waals surface area (Å²) >= 11 is 14.4. The average molecular weight is 251 g/mol. The molecule has 1 N–H and O–H groups in total. The van der Waals surface area contributed by atoms with Crippen molar-refractivity contribution in [3.63, 3.8) is 0 Å². The summed E-state index contributed by atoms with van der Waals surface area (Å²) in [5, 5.41) is 7.85. The first kappa shape index (κ1) is 15.3. The van der Waals surface area contributed by atoms with Crippen LogP contribution < -0.4 is 0 Å². The maximum atomic E-state index is 9.82. The van der Waals surface area contributed by atoms with E-state index in [0.29, 0.717) is 6.61 Å². The molecule has 0 spiro atoms. The van der Waals surface area contributed by atoms with E-state index in [1.807, 2.05) is 0 Å². The molecule has 0 aromatic heterocycles. The van der Waals surface area contributed by atoms with Crippen molar-refractivity contribution in [1.82, 2.24) is 0 Å². The van der Waals surface area contributed by atoms with Gasteiger partial charge in [0.05, 0.1) is 6.61 Å². The lowest BCUT2D eigenvalue weighted by molar-refractivity contribution is -0.140. The zero-order chi connectivity index (χ0) is 11.1. The molecule has 0 rings (SSSR count). The van der Waals surface area contributed by atoms with E-state index >= 15 is 0 Å². The fraction of sp³-hybridized carbons (Fsp3) is 0.667. The van der Waals surface area contributed by atoms with E-state index < -0.39 is 9.76 Å². The molecule has 0 aliphatic heterocycles. The van der Waals surface area contributed by atoms with Gasteiger partial charge in [-0.25, -0.2) is 4.79 Å². The number of halogens is 3. The largest absolute Gasteiger partial charge is 0.478 e. The molecule has 0 aliphatic carbocycles. The quantitative estimate of drug-likeness (QED) is 0.572. The van der Waals surface area contributed by atoms with Gasteiger partial charge in [-0.2, -0.15) is 0 Å². The first-order valence-electron chi connectivity index (χ1n) is 3.15. The average Bonchev–Trinajstić information content (AvgIpc) is 1.85. The van der Waals surface area contributed by atoms with Gasteiger partial charge in [0.2, 0.25) is 0 Å². The van der Waals surface area contributed by atoms with Crippen LogP contribution >= 0.6 is 34.8 Å². The van der Waals surface area contributed by atoms with Gasteiger partial charge in [-0.15, -0.1) is 0 Å². The Hall–Kier alpha value is -0.190. The molecule has 13 heavy (non-hydrogen) atoms. The summed E-state index contributed by atoms with van der Waals surface area (Å²) in [4.78, 5) is 19.4. The van der Waals surface area contributed by atoms with Crippen molar-refractivity contribution < 1.29 is 19.4 Å². The van der Waals surface area contributed by atoms with E-state index in [1.54, 1.807) is 6.92 Å². The van der Waals surface area contributed by atoms with Crippen molar-refractivity contribution in [2.45, 2.75) is 17.6 Å². The van der Waals surface area contributed by atoms with Gasteiger partial charge >= 0.3 is 11.9 Å². The number of aliphatic carboxylic acids is 1. The number of rotatable bonds is 1. The van der Waals surface area contributed by atoms with Crippen LogP contribution in [0.2, 0.25) is 0 Å². The lowest BCUT2D eigenvalue weighted by Gasteiger charge is -1.99. The van der Waals surface area contributed by atoms with E-state index in [1.165, 1.54) is 6.92 Å². The van der Waals surface area contributed by atoms with E-state index in [-0.39, 0.29) is 5.97 Å². The summed E-state index contributed by atoms with van der Waals surface area (Å²) in [6.07, 6.45) is 0. The Kier molecular flexibility index (Phi) is 8.51. The lowest BCUT2D eigenvalue weighted by atomic mass is 10.8. The molecule has 0 radical (unpaired) electrons. The topological polar surface area (TPSA) is 63.6 Å². The highest BCUT2D eigenvalue weighted by Gasteiger charge is 2.29. The highest BCUT2D eigenvalue weighted by Crippen LogP contribution is 2.25. The smallest absolute Gasteiger partial charge is 0.356 e. The summed E-state index contributed by atoms with van der Waals surface area (Å²) in [7, 11) is 0. The summed E-state index contributed by atoms with van der Waals surface area (Å²) in [6, 6.07) is 0. The Morgan fingerprint density at radius 2 is 1.69 bits per heavy atom. The van der Waals surface area contributed by atoms with Crippen LogP contribution in [0, 0.1) is 0 Å². The van der Waals surface area contributed by atoms with Crippen molar-refractivity contribution >= 4 is 46.7 Å². The molecule has 0 unspecified atom stereocenters. The number of ether oxygens (including phenoxy) is 1. The summed E-state index contributed by atoms with van der Waals surface area (Å²) in [6.45, 7) is 3.65. The van der Waals surface area contributed by atoms with Crippen LogP contribution in [-0.4, -0.2) is 27.4 Å². The van der Waals surface area contributed by atoms with Gasteiger partial charge in [0.1, 0.15) is 0 Å². The normalized spacial score (nSPS) is 9.62. The minimum Gasteiger partial charge on any atom is -0.478 e. The molecular weight excluding hydrogens is 242 g/mol. The Bertz CT molecular complexity index is 175. The molecular formula is C6H9Cl3O4. The fourth-order valence-corrected chi connectivity index (χ4v) is 0.203. The van der Waals surface area contributed by atoms with Crippen LogP contribution in [0.25, 0.3) is 0 Å². The van der Waals surface area contributed by atoms with Gasteiger partial charge in [-0.3, -0.25) is 4.79 Å². The van der Waals surface area contributed by atoms with Crippen molar-refractivity contribution in [1.29, 1.82) is 0 Å². The fourth-order valence-electron chi connectivity index (χ4n) is 0.203. The monoisotopic (exact) mass is 250 g/mol. The molecule has 78 valence electrons. The zero-order valence-electron chi connectivity index (χ0n) is 7.01. The predicted octanol–water partition coefficient (Wildman–Crippen LogP) is 2.01. The van der Waals surface area contributed by atoms with Crippen LogP contribution in [0.15, 0.2) is 0 Å². The minimum atomic E-state index is -2.17. The van der Waals surface area contributed by atoms with E-state index in [4.69, 9.17) is 39.9 Å². The standard InChI is InChI=1S/C4H8O2.C2HCl3O2/c1-3-6-4(2)5;3-2(4,5)1(6)7/h3H2,1-2H3;(H,6,7). The van der Waals surface area contributed by atoms with Crippen molar-refractivity contribution in [2.24, 2.45) is 0 Å². The molecule has 7 heteroatoms. The van der Waals surface area contributed by atoms with Gasteiger partial charge in [0.15, 0.2) is 0 Å². The highest BCUT2D eigenvalue weighted by molar-refractivity contribution is 6.75. The predicted molar refractivity (Wildman–Crippen MR) is 50.2 cm³/mol. The van der Waals surface area contributed by atoms with Crippen molar-refractivity contribution in [3.05, 3.63) is 0 Å². The third-order valence-electron chi connectivity index (χ3n) is 0.590. The number of carboxylic acid groups (broad SMARTS) is 1. The highest BCUT2D eigenvalue weighted by atomic mass is 35.6. The first-order chi connectivity index (χ1) is 5.71. The molecule has 0 aromatic rings. The van der Waals surface area contributed by atoms with Crippen molar-refractivity contribution in [3.8, 4) is 0 Å². The van der Waals surface area contributed by atoms with Crippen LogP contribution in [0.3, 0.4) is 0 Å². The van der Waals surface area contributed by atoms with Gasteiger partial charge < -0.3 is 9.84 Å². The maximum absolute atomic E-state index is 9.82. The molecule has 0 aromatic carbocycles. The molecule has 0 fully saturated rings. The Morgan fingerprint density at radius 3 is 1.69 bits per heavy atom. The van der Waals surface area contributed by atoms with Crippen molar-refractivity contribution in [2.75, 3.05) is 6.61 Å². The summed E-state index contributed by atoms with van der Waals surface area (Å²) in [5.74, 6) is -1.67. The lowest BCUT2D eigenvalue weighted by Crippen LogP contribution is -2.16. The van der Waals surface area contributed by atoms with Gasteiger partial charge in [-0.1, -0.05) is 34.8 Å². The molecule has 0 saturated heterocycles. The maximum Gasteiger partial charge on any atom is 0.356 e. The molecule has 0 atom stereocenters. The number of alkyl halides is 3. The van der Waals surface area contributed by atoms with Gasteiger partial charge in [-0.05, 0) is 6.92 Å².